The average molecular weight is 497 g/mol. The van der Waals surface area contributed by atoms with E-state index in [0.717, 1.165) is 63.1 Å². The van der Waals surface area contributed by atoms with Crippen molar-refractivity contribution in [2.75, 3.05) is 38.7 Å². The van der Waals surface area contributed by atoms with Crippen LogP contribution in [0.2, 0.25) is 0 Å². The van der Waals surface area contributed by atoms with Crippen LogP contribution in [0.1, 0.15) is 16.9 Å². The van der Waals surface area contributed by atoms with Crippen LogP contribution < -0.4 is 16.0 Å². The van der Waals surface area contributed by atoms with Gasteiger partial charge in [0.25, 0.3) is 0 Å². The lowest BCUT2D eigenvalue weighted by atomic mass is 10.0. The molecule has 3 N–H and O–H groups in total. The van der Waals surface area contributed by atoms with E-state index in [0.29, 0.717) is 19.6 Å². The fourth-order valence-corrected chi connectivity index (χ4v) is 6.51. The maximum absolute atomic E-state index is 12.7. The predicted molar refractivity (Wildman–Crippen MR) is 139 cm³/mol. The average Bonchev–Trinajstić information content (AvgIpc) is 3.54. The van der Waals surface area contributed by atoms with Crippen molar-refractivity contribution in [3.8, 4) is 21.8 Å². The molecule has 178 valence electrons. The highest BCUT2D eigenvalue weighted by atomic mass is 32.1. The number of carbonyl (C=O) groups excluding carboxylic acids is 1. The third kappa shape index (κ3) is 4.77. The minimum atomic E-state index is 0.0114. The Morgan fingerprint density at radius 1 is 1.26 bits per heavy atom. The van der Waals surface area contributed by atoms with E-state index in [1.807, 2.05) is 17.8 Å². The zero-order valence-corrected chi connectivity index (χ0v) is 20.9. The first-order valence-electron chi connectivity index (χ1n) is 11.4. The summed E-state index contributed by atoms with van der Waals surface area (Å²) in [6.07, 6.45) is 3.16. The molecule has 0 saturated heterocycles. The number of aromatic nitrogens is 3. The van der Waals surface area contributed by atoms with Gasteiger partial charge in [0.05, 0.1) is 22.5 Å². The highest BCUT2D eigenvalue weighted by molar-refractivity contribution is 7.23. The van der Waals surface area contributed by atoms with E-state index in [1.165, 1.54) is 10.4 Å². The Labute approximate surface area is 206 Å². The lowest BCUT2D eigenvalue weighted by molar-refractivity contribution is -0.116. The van der Waals surface area contributed by atoms with E-state index in [1.54, 1.807) is 36.0 Å². The van der Waals surface area contributed by atoms with E-state index < -0.39 is 0 Å². The van der Waals surface area contributed by atoms with Crippen LogP contribution in [-0.2, 0) is 29.5 Å². The number of amides is 1. The molecule has 0 fully saturated rings. The van der Waals surface area contributed by atoms with Crippen LogP contribution in [-0.4, -0.2) is 54.0 Å². The van der Waals surface area contributed by atoms with Gasteiger partial charge in [0.1, 0.15) is 10.0 Å². The van der Waals surface area contributed by atoms with Gasteiger partial charge >= 0.3 is 0 Å². The molecule has 8 nitrogen and oxygen atoms in total. The zero-order valence-electron chi connectivity index (χ0n) is 19.3. The van der Waals surface area contributed by atoms with E-state index in [9.17, 15) is 4.79 Å². The number of rotatable bonds is 9. The molecule has 1 aliphatic rings. The number of benzene rings is 1. The van der Waals surface area contributed by atoms with Crippen molar-refractivity contribution in [3.05, 3.63) is 40.9 Å². The molecule has 0 saturated carbocycles. The molecule has 0 unspecified atom stereocenters. The summed E-state index contributed by atoms with van der Waals surface area (Å²) in [6, 6.07) is 8.38. The highest BCUT2D eigenvalue weighted by Crippen LogP contribution is 2.45. The Balaban J connectivity index is 1.43. The molecule has 0 bridgehead atoms. The fraction of sp³-hybridized carbons (Fsp3) is 0.375. The second-order valence-electron chi connectivity index (χ2n) is 8.22. The lowest BCUT2D eigenvalue weighted by Gasteiger charge is -2.13. The standard InChI is InChI=1S/C24H28N6O2S2/c1-30-18(6-10-27-30)15-3-4-19-17(13-15)28-23(33-19)22-16-5-8-26-14-20(16)34-24(22)29-21(31)7-9-25-11-12-32-2/h3-4,6,10,13,25-26H,5,7-9,11-12,14H2,1-2H3,(H,29,31). The van der Waals surface area contributed by atoms with Gasteiger partial charge in [0, 0.05) is 62.4 Å². The number of carbonyl (C=O) groups is 1. The summed E-state index contributed by atoms with van der Waals surface area (Å²) in [6.45, 7) is 3.76. The Morgan fingerprint density at radius 2 is 2.18 bits per heavy atom. The van der Waals surface area contributed by atoms with Crippen molar-refractivity contribution < 1.29 is 9.53 Å². The summed E-state index contributed by atoms with van der Waals surface area (Å²) in [5.74, 6) is 0.0114. The smallest absolute Gasteiger partial charge is 0.226 e. The van der Waals surface area contributed by atoms with Crippen molar-refractivity contribution in [2.45, 2.75) is 19.4 Å². The predicted octanol–water partition coefficient (Wildman–Crippen LogP) is 3.64. The second kappa shape index (κ2) is 10.3. The molecular formula is C24H28N6O2S2. The number of nitrogens with zero attached hydrogens (tertiary/aromatic N) is 3. The molecule has 1 amide bonds. The third-order valence-electron chi connectivity index (χ3n) is 5.91. The topological polar surface area (TPSA) is 93.1 Å². The summed E-state index contributed by atoms with van der Waals surface area (Å²) >= 11 is 3.35. The van der Waals surface area contributed by atoms with Crippen LogP contribution in [0.15, 0.2) is 30.5 Å². The monoisotopic (exact) mass is 496 g/mol. The number of anilines is 1. The molecule has 0 radical (unpaired) electrons. The molecule has 0 aliphatic carbocycles. The van der Waals surface area contributed by atoms with Crippen molar-refractivity contribution in [2.24, 2.45) is 7.05 Å². The number of hydrogen-bond donors (Lipinski definition) is 3. The summed E-state index contributed by atoms with van der Waals surface area (Å²) in [4.78, 5) is 19.0. The van der Waals surface area contributed by atoms with E-state index in [4.69, 9.17) is 9.72 Å². The van der Waals surface area contributed by atoms with Gasteiger partial charge < -0.3 is 20.7 Å². The first-order valence-corrected chi connectivity index (χ1v) is 13.0. The van der Waals surface area contributed by atoms with Gasteiger partial charge in [-0.2, -0.15) is 5.10 Å². The van der Waals surface area contributed by atoms with Gasteiger partial charge in [-0.3, -0.25) is 9.48 Å². The Bertz CT molecular complexity index is 1310. The number of methoxy groups -OCH3 is 1. The van der Waals surface area contributed by atoms with Gasteiger partial charge in [-0.15, -0.1) is 22.7 Å². The van der Waals surface area contributed by atoms with Crippen LogP contribution >= 0.6 is 22.7 Å². The fourth-order valence-electron chi connectivity index (χ4n) is 4.19. The minimum absolute atomic E-state index is 0.0114. The molecule has 5 rings (SSSR count). The SMILES string of the molecule is COCCNCCC(=O)Nc1sc2c(c1-c1nc3cc(-c4ccnn4C)ccc3s1)CCNC2. The summed E-state index contributed by atoms with van der Waals surface area (Å²) in [5.41, 5.74) is 5.51. The van der Waals surface area contributed by atoms with E-state index in [-0.39, 0.29) is 5.91 Å². The zero-order chi connectivity index (χ0) is 23.5. The largest absolute Gasteiger partial charge is 0.383 e. The molecule has 0 atom stereocenters. The Morgan fingerprint density at radius 3 is 3.00 bits per heavy atom. The van der Waals surface area contributed by atoms with Crippen LogP contribution in [0, 0.1) is 0 Å². The Hall–Kier alpha value is -2.63. The number of fused-ring (bicyclic) bond motifs is 2. The van der Waals surface area contributed by atoms with E-state index in [2.05, 4.69) is 39.2 Å². The highest BCUT2D eigenvalue weighted by Gasteiger charge is 2.25. The van der Waals surface area contributed by atoms with Gasteiger partial charge in [-0.25, -0.2) is 4.98 Å². The molecule has 1 aromatic carbocycles. The first kappa shape index (κ1) is 23.1. The van der Waals surface area contributed by atoms with Crippen LogP contribution in [0.25, 0.3) is 32.0 Å². The quantitative estimate of drug-likeness (QED) is 0.307. The molecule has 4 heterocycles. The second-order valence-corrected chi connectivity index (χ2v) is 10.4. The number of thiazole rings is 1. The molecule has 34 heavy (non-hydrogen) atoms. The molecule has 4 aromatic rings. The minimum Gasteiger partial charge on any atom is -0.383 e. The van der Waals surface area contributed by atoms with E-state index >= 15 is 0 Å². The van der Waals surface area contributed by atoms with Gasteiger partial charge in [-0.1, -0.05) is 6.07 Å². The van der Waals surface area contributed by atoms with Crippen LogP contribution in [0.5, 0.6) is 0 Å². The lowest BCUT2D eigenvalue weighted by Crippen LogP contribution is -2.24. The van der Waals surface area contributed by atoms with Crippen molar-refractivity contribution >= 4 is 43.8 Å². The molecule has 1 aliphatic heterocycles. The number of ether oxygens (including phenoxy) is 1. The summed E-state index contributed by atoms with van der Waals surface area (Å²) in [7, 11) is 3.62. The van der Waals surface area contributed by atoms with Gasteiger partial charge in [0.2, 0.25) is 5.91 Å². The number of thiophene rings is 1. The first-order chi connectivity index (χ1) is 16.6. The van der Waals surface area contributed by atoms with Crippen molar-refractivity contribution in [3.63, 3.8) is 0 Å². The Kier molecular flexibility index (Phi) is 7.02. The number of aryl methyl sites for hydroxylation is 1. The maximum atomic E-state index is 12.7. The van der Waals surface area contributed by atoms with Crippen molar-refractivity contribution in [1.82, 2.24) is 25.4 Å². The van der Waals surface area contributed by atoms with Crippen LogP contribution in [0.3, 0.4) is 0 Å². The van der Waals surface area contributed by atoms with Gasteiger partial charge in [-0.05, 0) is 36.7 Å². The van der Waals surface area contributed by atoms with Crippen LogP contribution in [0.4, 0.5) is 5.00 Å². The number of hydrogen-bond acceptors (Lipinski definition) is 8. The normalized spacial score (nSPS) is 13.4. The maximum Gasteiger partial charge on any atom is 0.226 e. The summed E-state index contributed by atoms with van der Waals surface area (Å²) in [5, 5.41) is 16.0. The number of nitrogens with one attached hydrogen (secondary N) is 3. The van der Waals surface area contributed by atoms with Gasteiger partial charge in [0.15, 0.2) is 0 Å². The van der Waals surface area contributed by atoms with Crippen molar-refractivity contribution in [1.29, 1.82) is 0 Å². The third-order valence-corrected chi connectivity index (χ3v) is 8.11. The molecule has 0 spiro atoms. The molecular weight excluding hydrogens is 468 g/mol. The molecule has 3 aromatic heterocycles. The summed E-state index contributed by atoms with van der Waals surface area (Å²) < 4.78 is 8.04. The molecule has 10 heteroatoms.